The number of nitrogens with two attached hydrogens (primary N) is 1. The Hall–Kier alpha value is -0.370. The molecular formula is C12H23NO. The smallest absolute Gasteiger partial charge is 0.136 e. The van der Waals surface area contributed by atoms with E-state index in [9.17, 15) is 4.79 Å². The normalized spacial score (nSPS) is 19.6. The lowest BCUT2D eigenvalue weighted by atomic mass is 9.79. The van der Waals surface area contributed by atoms with Gasteiger partial charge in [-0.05, 0) is 24.8 Å². The summed E-state index contributed by atoms with van der Waals surface area (Å²) in [6, 6.07) is 0. The molecular weight excluding hydrogens is 174 g/mol. The molecule has 0 unspecified atom stereocenters. The Balaban J connectivity index is 2.40. The minimum Gasteiger partial charge on any atom is -0.330 e. The third kappa shape index (κ3) is 3.41. The molecule has 1 fully saturated rings. The molecule has 0 atom stereocenters. The van der Waals surface area contributed by atoms with Gasteiger partial charge in [0.15, 0.2) is 0 Å². The second-order valence-electron chi connectivity index (χ2n) is 5.35. The number of rotatable bonds is 4. The summed E-state index contributed by atoms with van der Waals surface area (Å²) in [6.45, 7) is 4.76. The van der Waals surface area contributed by atoms with Crippen LogP contribution in [-0.2, 0) is 4.79 Å². The Kier molecular flexibility index (Phi) is 4.11. The number of hydrogen-bond acceptors (Lipinski definition) is 2. The van der Waals surface area contributed by atoms with Crippen LogP contribution in [0.3, 0.4) is 0 Å². The Labute approximate surface area is 87.2 Å². The van der Waals surface area contributed by atoms with Gasteiger partial charge in [-0.1, -0.05) is 33.1 Å². The molecule has 2 heteroatoms. The summed E-state index contributed by atoms with van der Waals surface area (Å²) in [5.41, 5.74) is 5.63. The van der Waals surface area contributed by atoms with Gasteiger partial charge < -0.3 is 5.73 Å². The first-order chi connectivity index (χ1) is 6.55. The molecule has 2 N–H and O–H groups in total. The van der Waals surface area contributed by atoms with Crippen LogP contribution in [0.5, 0.6) is 0 Å². The number of carbonyl (C=O) groups is 1. The molecule has 0 radical (unpaired) electrons. The summed E-state index contributed by atoms with van der Waals surface area (Å²) < 4.78 is 0. The van der Waals surface area contributed by atoms with Crippen LogP contribution in [-0.4, -0.2) is 12.3 Å². The van der Waals surface area contributed by atoms with E-state index in [1.54, 1.807) is 0 Å². The van der Waals surface area contributed by atoms with Crippen LogP contribution in [0.2, 0.25) is 0 Å². The molecule has 1 saturated carbocycles. The van der Waals surface area contributed by atoms with E-state index in [1.165, 1.54) is 19.3 Å². The Bertz CT molecular complexity index is 192. The van der Waals surface area contributed by atoms with Gasteiger partial charge in [-0.15, -0.1) is 0 Å². The maximum atomic E-state index is 11.9. The van der Waals surface area contributed by atoms with Crippen LogP contribution < -0.4 is 5.73 Å². The SMILES string of the molecule is CC(C)(CN)CC(=O)C1CCCCC1. The van der Waals surface area contributed by atoms with Gasteiger partial charge in [-0.2, -0.15) is 0 Å². The van der Waals surface area contributed by atoms with Crippen molar-refractivity contribution in [2.24, 2.45) is 17.1 Å². The van der Waals surface area contributed by atoms with Crippen molar-refractivity contribution in [2.75, 3.05) is 6.54 Å². The number of Topliss-reactive ketones (excluding diaryl/α,β-unsaturated/α-hetero) is 1. The molecule has 0 aromatic rings. The Morgan fingerprint density at radius 2 is 1.86 bits per heavy atom. The fourth-order valence-corrected chi connectivity index (χ4v) is 2.11. The lowest BCUT2D eigenvalue weighted by molar-refractivity contribution is -0.125. The number of ketones is 1. The lowest BCUT2D eigenvalue weighted by Crippen LogP contribution is -2.30. The van der Waals surface area contributed by atoms with Crippen LogP contribution in [0, 0.1) is 11.3 Å². The fraction of sp³-hybridized carbons (Fsp3) is 0.917. The molecule has 82 valence electrons. The van der Waals surface area contributed by atoms with Crippen LogP contribution in [0.15, 0.2) is 0 Å². The van der Waals surface area contributed by atoms with Crippen molar-refractivity contribution >= 4 is 5.78 Å². The summed E-state index contributed by atoms with van der Waals surface area (Å²) in [7, 11) is 0. The van der Waals surface area contributed by atoms with Crippen molar-refractivity contribution in [3.63, 3.8) is 0 Å². The molecule has 1 aliphatic rings. The van der Waals surface area contributed by atoms with E-state index < -0.39 is 0 Å². The molecule has 0 saturated heterocycles. The first kappa shape index (κ1) is 11.7. The van der Waals surface area contributed by atoms with Crippen molar-refractivity contribution in [1.82, 2.24) is 0 Å². The average molecular weight is 197 g/mol. The number of carbonyl (C=O) groups excluding carboxylic acids is 1. The molecule has 0 heterocycles. The minimum absolute atomic E-state index is 0.00543. The topological polar surface area (TPSA) is 43.1 Å². The van der Waals surface area contributed by atoms with E-state index in [-0.39, 0.29) is 5.41 Å². The molecule has 1 aliphatic carbocycles. The van der Waals surface area contributed by atoms with Crippen molar-refractivity contribution in [3.8, 4) is 0 Å². The summed E-state index contributed by atoms with van der Waals surface area (Å²) in [6.07, 6.45) is 6.66. The highest BCUT2D eigenvalue weighted by molar-refractivity contribution is 5.81. The summed E-state index contributed by atoms with van der Waals surface area (Å²) in [5.74, 6) is 0.787. The second kappa shape index (κ2) is 4.92. The van der Waals surface area contributed by atoms with Crippen molar-refractivity contribution in [3.05, 3.63) is 0 Å². The summed E-state index contributed by atoms with van der Waals surface area (Å²) in [4.78, 5) is 11.9. The van der Waals surface area contributed by atoms with E-state index in [2.05, 4.69) is 13.8 Å². The largest absolute Gasteiger partial charge is 0.330 e. The molecule has 0 aromatic heterocycles. The van der Waals surface area contributed by atoms with E-state index >= 15 is 0 Å². The first-order valence-corrected chi connectivity index (χ1v) is 5.78. The van der Waals surface area contributed by atoms with E-state index in [0.717, 1.165) is 12.8 Å². The summed E-state index contributed by atoms with van der Waals surface area (Å²) >= 11 is 0. The molecule has 1 rings (SSSR count). The van der Waals surface area contributed by atoms with Crippen LogP contribution in [0.4, 0.5) is 0 Å². The summed E-state index contributed by atoms with van der Waals surface area (Å²) in [5, 5.41) is 0. The van der Waals surface area contributed by atoms with Gasteiger partial charge in [0, 0.05) is 12.3 Å². The maximum Gasteiger partial charge on any atom is 0.136 e. The zero-order valence-corrected chi connectivity index (χ0v) is 9.51. The van der Waals surface area contributed by atoms with E-state index in [4.69, 9.17) is 5.73 Å². The first-order valence-electron chi connectivity index (χ1n) is 5.78. The standard InChI is InChI=1S/C12H23NO/c1-12(2,9-13)8-11(14)10-6-4-3-5-7-10/h10H,3-9,13H2,1-2H3. The Morgan fingerprint density at radius 1 is 1.29 bits per heavy atom. The highest BCUT2D eigenvalue weighted by atomic mass is 16.1. The molecule has 0 bridgehead atoms. The second-order valence-corrected chi connectivity index (χ2v) is 5.35. The predicted octanol–water partition coefficient (Wildman–Crippen LogP) is 2.51. The van der Waals surface area contributed by atoms with Crippen molar-refractivity contribution in [1.29, 1.82) is 0 Å². The van der Waals surface area contributed by atoms with Gasteiger partial charge in [-0.25, -0.2) is 0 Å². The van der Waals surface area contributed by atoms with Crippen LogP contribution in [0.1, 0.15) is 52.4 Å². The van der Waals surface area contributed by atoms with Gasteiger partial charge in [0.25, 0.3) is 0 Å². The molecule has 0 amide bonds. The van der Waals surface area contributed by atoms with Crippen molar-refractivity contribution in [2.45, 2.75) is 52.4 Å². The third-order valence-electron chi connectivity index (χ3n) is 3.27. The number of hydrogen-bond donors (Lipinski definition) is 1. The monoisotopic (exact) mass is 197 g/mol. The van der Waals surface area contributed by atoms with Gasteiger partial charge in [0.2, 0.25) is 0 Å². The average Bonchev–Trinajstić information content (AvgIpc) is 2.19. The highest BCUT2D eigenvalue weighted by Crippen LogP contribution is 2.29. The minimum atomic E-state index is -0.00543. The van der Waals surface area contributed by atoms with E-state index in [1.807, 2.05) is 0 Å². The quantitative estimate of drug-likeness (QED) is 0.752. The van der Waals surface area contributed by atoms with Gasteiger partial charge in [0.1, 0.15) is 5.78 Å². The third-order valence-corrected chi connectivity index (χ3v) is 3.27. The Morgan fingerprint density at radius 3 is 2.36 bits per heavy atom. The van der Waals surface area contributed by atoms with Crippen LogP contribution >= 0.6 is 0 Å². The molecule has 0 aliphatic heterocycles. The van der Waals surface area contributed by atoms with Crippen LogP contribution in [0.25, 0.3) is 0 Å². The van der Waals surface area contributed by atoms with Gasteiger partial charge in [0.05, 0.1) is 0 Å². The van der Waals surface area contributed by atoms with Gasteiger partial charge >= 0.3 is 0 Å². The maximum absolute atomic E-state index is 11.9. The zero-order chi connectivity index (χ0) is 10.6. The van der Waals surface area contributed by atoms with E-state index in [0.29, 0.717) is 24.7 Å². The molecule has 14 heavy (non-hydrogen) atoms. The molecule has 0 spiro atoms. The predicted molar refractivity (Wildman–Crippen MR) is 59.0 cm³/mol. The highest BCUT2D eigenvalue weighted by Gasteiger charge is 2.26. The molecule has 2 nitrogen and oxygen atoms in total. The van der Waals surface area contributed by atoms with Gasteiger partial charge in [-0.3, -0.25) is 4.79 Å². The fourth-order valence-electron chi connectivity index (χ4n) is 2.11. The zero-order valence-electron chi connectivity index (χ0n) is 9.51. The molecule has 0 aromatic carbocycles. The van der Waals surface area contributed by atoms with Crippen molar-refractivity contribution < 1.29 is 4.79 Å². The lowest BCUT2D eigenvalue weighted by Gasteiger charge is -2.26.